The van der Waals surface area contributed by atoms with Crippen molar-refractivity contribution in [3.63, 3.8) is 0 Å². The molecule has 0 unspecified atom stereocenters. The van der Waals surface area contributed by atoms with E-state index in [0.29, 0.717) is 28.1 Å². The van der Waals surface area contributed by atoms with Crippen molar-refractivity contribution in [2.45, 2.75) is 33.0 Å². The summed E-state index contributed by atoms with van der Waals surface area (Å²) in [5, 5.41) is 3.73. The normalized spacial score (nSPS) is 13.0. The molecule has 0 spiro atoms. The summed E-state index contributed by atoms with van der Waals surface area (Å²) in [7, 11) is 0. The molecule has 26 heavy (non-hydrogen) atoms. The van der Waals surface area contributed by atoms with Crippen molar-refractivity contribution in [2.75, 3.05) is 5.32 Å². The van der Waals surface area contributed by atoms with E-state index in [9.17, 15) is 18.0 Å². The SMILES string of the molecule is Cc1nc(N[C@H](C)c2cccc(C(F)(F)F)c2C)c2c[nH]c(=O)cc2n1. The molecule has 0 aliphatic carbocycles. The first kappa shape index (κ1) is 17.9. The smallest absolute Gasteiger partial charge is 0.363 e. The number of nitrogens with zero attached hydrogens (tertiary/aromatic N) is 2. The first-order valence-electron chi connectivity index (χ1n) is 7.97. The van der Waals surface area contributed by atoms with Gasteiger partial charge in [-0.15, -0.1) is 0 Å². The molecule has 0 saturated carbocycles. The zero-order chi connectivity index (χ0) is 19.1. The summed E-state index contributed by atoms with van der Waals surface area (Å²) in [6.45, 7) is 4.90. The molecule has 2 heterocycles. The lowest BCUT2D eigenvalue weighted by atomic mass is 9.97. The van der Waals surface area contributed by atoms with Gasteiger partial charge in [-0.2, -0.15) is 13.2 Å². The fourth-order valence-electron chi connectivity index (χ4n) is 2.99. The third-order valence-electron chi connectivity index (χ3n) is 4.21. The average Bonchev–Trinajstić information content (AvgIpc) is 2.53. The highest BCUT2D eigenvalue weighted by Crippen LogP contribution is 2.35. The van der Waals surface area contributed by atoms with Gasteiger partial charge < -0.3 is 10.3 Å². The number of aromatic nitrogens is 3. The number of aromatic amines is 1. The van der Waals surface area contributed by atoms with Gasteiger partial charge in [0.15, 0.2) is 0 Å². The van der Waals surface area contributed by atoms with Crippen LogP contribution in [0.3, 0.4) is 0 Å². The second-order valence-electron chi connectivity index (χ2n) is 6.10. The number of H-pyrrole nitrogens is 1. The summed E-state index contributed by atoms with van der Waals surface area (Å²) in [5.41, 5.74) is 0.217. The van der Waals surface area contributed by atoms with Crippen molar-refractivity contribution in [2.24, 2.45) is 0 Å². The Morgan fingerprint density at radius 3 is 2.62 bits per heavy atom. The zero-order valence-electron chi connectivity index (χ0n) is 14.4. The van der Waals surface area contributed by atoms with E-state index in [0.717, 1.165) is 6.07 Å². The summed E-state index contributed by atoms with van der Waals surface area (Å²) in [6.07, 6.45) is -2.91. The topological polar surface area (TPSA) is 70.7 Å². The van der Waals surface area contributed by atoms with Gasteiger partial charge in [-0.1, -0.05) is 12.1 Å². The summed E-state index contributed by atoms with van der Waals surface area (Å²) in [4.78, 5) is 22.6. The Morgan fingerprint density at radius 1 is 1.19 bits per heavy atom. The molecule has 8 heteroatoms. The van der Waals surface area contributed by atoms with Gasteiger partial charge in [0.1, 0.15) is 11.6 Å². The van der Waals surface area contributed by atoms with Crippen LogP contribution in [-0.2, 0) is 6.18 Å². The highest BCUT2D eigenvalue weighted by molar-refractivity contribution is 5.88. The van der Waals surface area contributed by atoms with Gasteiger partial charge >= 0.3 is 6.18 Å². The molecule has 0 aliphatic rings. The molecule has 0 fully saturated rings. The van der Waals surface area contributed by atoms with Crippen LogP contribution in [0.2, 0.25) is 0 Å². The third-order valence-corrected chi connectivity index (χ3v) is 4.21. The van der Waals surface area contributed by atoms with Crippen molar-refractivity contribution in [3.8, 4) is 0 Å². The monoisotopic (exact) mass is 362 g/mol. The van der Waals surface area contributed by atoms with Crippen molar-refractivity contribution in [1.82, 2.24) is 15.0 Å². The summed E-state index contributed by atoms with van der Waals surface area (Å²) >= 11 is 0. The number of pyridine rings is 1. The molecule has 3 aromatic rings. The number of hydrogen-bond acceptors (Lipinski definition) is 4. The fourth-order valence-corrected chi connectivity index (χ4v) is 2.99. The van der Waals surface area contributed by atoms with Gasteiger partial charge in [0.2, 0.25) is 5.56 Å². The van der Waals surface area contributed by atoms with Crippen LogP contribution in [0.5, 0.6) is 0 Å². The lowest BCUT2D eigenvalue weighted by Gasteiger charge is -2.21. The molecule has 1 aromatic carbocycles. The predicted molar refractivity (Wildman–Crippen MR) is 93.1 cm³/mol. The van der Waals surface area contributed by atoms with Crippen LogP contribution >= 0.6 is 0 Å². The minimum absolute atomic E-state index is 0.170. The quantitative estimate of drug-likeness (QED) is 0.735. The molecule has 136 valence electrons. The van der Waals surface area contributed by atoms with Gasteiger partial charge in [-0.25, -0.2) is 9.97 Å². The average molecular weight is 362 g/mol. The number of alkyl halides is 3. The van der Waals surface area contributed by atoms with E-state index in [-0.39, 0.29) is 11.1 Å². The van der Waals surface area contributed by atoms with Crippen molar-refractivity contribution >= 4 is 16.7 Å². The van der Waals surface area contributed by atoms with Gasteiger partial charge in [0.25, 0.3) is 0 Å². The Hall–Kier alpha value is -2.90. The lowest BCUT2D eigenvalue weighted by Crippen LogP contribution is -2.15. The van der Waals surface area contributed by atoms with Gasteiger partial charge in [-0.3, -0.25) is 4.79 Å². The molecule has 0 amide bonds. The highest BCUT2D eigenvalue weighted by atomic mass is 19.4. The van der Waals surface area contributed by atoms with Crippen molar-refractivity contribution < 1.29 is 13.2 Å². The van der Waals surface area contributed by atoms with E-state index in [1.54, 1.807) is 19.9 Å². The Kier molecular flexibility index (Phi) is 4.43. The highest BCUT2D eigenvalue weighted by Gasteiger charge is 2.33. The predicted octanol–water partition coefficient (Wildman–Crippen LogP) is 4.13. The molecule has 0 bridgehead atoms. The zero-order valence-corrected chi connectivity index (χ0v) is 14.4. The maximum Gasteiger partial charge on any atom is 0.416 e. The number of aryl methyl sites for hydroxylation is 1. The van der Waals surface area contributed by atoms with Crippen LogP contribution in [0, 0.1) is 13.8 Å². The summed E-state index contributed by atoms with van der Waals surface area (Å²) in [6, 6.07) is 5.04. The lowest BCUT2D eigenvalue weighted by molar-refractivity contribution is -0.138. The number of anilines is 1. The third kappa shape index (κ3) is 3.40. The van der Waals surface area contributed by atoms with Gasteiger partial charge in [-0.05, 0) is 38.0 Å². The first-order valence-corrected chi connectivity index (χ1v) is 7.97. The van der Waals surface area contributed by atoms with Crippen LogP contribution in [0.25, 0.3) is 10.9 Å². The second-order valence-corrected chi connectivity index (χ2v) is 6.10. The molecule has 5 nitrogen and oxygen atoms in total. The first-order chi connectivity index (χ1) is 12.2. The van der Waals surface area contributed by atoms with E-state index in [4.69, 9.17) is 0 Å². The molecule has 0 radical (unpaired) electrons. The second kappa shape index (κ2) is 6.44. The molecule has 0 saturated heterocycles. The molecule has 1 atom stereocenters. The molecular weight excluding hydrogens is 345 g/mol. The Balaban J connectivity index is 2.03. The van der Waals surface area contributed by atoms with E-state index in [2.05, 4.69) is 20.3 Å². The van der Waals surface area contributed by atoms with Gasteiger partial charge in [0, 0.05) is 12.3 Å². The number of rotatable bonds is 3. The van der Waals surface area contributed by atoms with Crippen molar-refractivity contribution in [3.05, 3.63) is 63.3 Å². The van der Waals surface area contributed by atoms with Crippen LogP contribution in [-0.4, -0.2) is 15.0 Å². The number of fused-ring (bicyclic) bond motifs is 1. The standard InChI is InChI=1S/C18H17F3N4O/c1-9-12(5-4-6-14(9)18(19,20)21)10(2)23-17-13-8-22-16(26)7-15(13)24-11(3)25-17/h4-8,10H,1-3H3,(H,22,26)(H,23,24,25)/t10-/m1/s1. The fraction of sp³-hybridized carbons (Fsp3) is 0.278. The molecule has 2 N–H and O–H groups in total. The van der Waals surface area contributed by atoms with Crippen LogP contribution in [0.1, 0.15) is 35.5 Å². The Labute approximate surface area is 147 Å². The van der Waals surface area contributed by atoms with Crippen molar-refractivity contribution in [1.29, 1.82) is 0 Å². The Morgan fingerprint density at radius 2 is 1.92 bits per heavy atom. The van der Waals surface area contributed by atoms with E-state index < -0.39 is 17.8 Å². The maximum atomic E-state index is 13.1. The molecule has 2 aromatic heterocycles. The van der Waals surface area contributed by atoms with E-state index >= 15 is 0 Å². The number of benzene rings is 1. The molecular formula is C18H17F3N4O. The van der Waals surface area contributed by atoms with E-state index in [1.165, 1.54) is 25.3 Å². The molecule has 0 aliphatic heterocycles. The molecule has 3 rings (SSSR count). The van der Waals surface area contributed by atoms with Gasteiger partial charge in [0.05, 0.1) is 22.5 Å². The van der Waals surface area contributed by atoms with Crippen LogP contribution in [0.4, 0.5) is 19.0 Å². The number of hydrogen-bond donors (Lipinski definition) is 2. The number of halogens is 3. The maximum absolute atomic E-state index is 13.1. The minimum atomic E-state index is -4.41. The van der Waals surface area contributed by atoms with Crippen LogP contribution in [0.15, 0.2) is 35.3 Å². The van der Waals surface area contributed by atoms with Crippen LogP contribution < -0.4 is 10.9 Å². The summed E-state index contributed by atoms with van der Waals surface area (Å²) in [5.74, 6) is 0.909. The summed E-state index contributed by atoms with van der Waals surface area (Å²) < 4.78 is 39.4. The number of nitrogens with one attached hydrogen (secondary N) is 2. The Bertz CT molecular complexity index is 1030. The largest absolute Gasteiger partial charge is 0.416 e. The minimum Gasteiger partial charge on any atom is -0.363 e. The van der Waals surface area contributed by atoms with E-state index in [1.807, 2.05) is 0 Å².